The Kier molecular flexibility index (Phi) is 4.63. The molecule has 1 unspecified atom stereocenters. The number of fused-ring (bicyclic) bond motifs is 1. The van der Waals surface area contributed by atoms with Crippen LogP contribution in [0.5, 0.6) is 0 Å². The lowest BCUT2D eigenvalue weighted by Gasteiger charge is -2.35. The molecule has 6 nitrogen and oxygen atoms in total. The lowest BCUT2D eigenvalue weighted by molar-refractivity contribution is 0.0187. The summed E-state index contributed by atoms with van der Waals surface area (Å²) in [5.41, 5.74) is 3.31. The van der Waals surface area contributed by atoms with Crippen molar-refractivity contribution in [2.75, 3.05) is 38.2 Å². The molecule has 1 aliphatic rings. The molecule has 0 bridgehead atoms. The third-order valence-electron chi connectivity index (χ3n) is 4.65. The van der Waals surface area contributed by atoms with Crippen LogP contribution in [-0.4, -0.2) is 52.3 Å². The molecular weight excluding hydrogens is 314 g/mol. The Hall–Kier alpha value is -2.44. The second kappa shape index (κ2) is 7.21. The van der Waals surface area contributed by atoms with Gasteiger partial charge in [0.1, 0.15) is 5.52 Å². The summed E-state index contributed by atoms with van der Waals surface area (Å²) in [6, 6.07) is 13.0. The van der Waals surface area contributed by atoms with Gasteiger partial charge in [0.2, 0.25) is 0 Å². The minimum atomic E-state index is 0.288. The topological polar surface area (TPSA) is 54.7 Å². The summed E-state index contributed by atoms with van der Waals surface area (Å²) in [5.74, 6) is 0.872. The van der Waals surface area contributed by atoms with Crippen LogP contribution in [0, 0.1) is 6.92 Å². The molecule has 1 aromatic carbocycles. The van der Waals surface area contributed by atoms with Crippen LogP contribution >= 0.6 is 0 Å². The van der Waals surface area contributed by atoms with Gasteiger partial charge in [-0.2, -0.15) is 5.10 Å². The Morgan fingerprint density at radius 1 is 1.20 bits per heavy atom. The number of ether oxygens (including phenoxy) is 1. The van der Waals surface area contributed by atoms with Gasteiger partial charge in [0.25, 0.3) is 0 Å². The van der Waals surface area contributed by atoms with Gasteiger partial charge in [-0.3, -0.25) is 4.90 Å². The van der Waals surface area contributed by atoms with Gasteiger partial charge in [0.05, 0.1) is 24.9 Å². The summed E-state index contributed by atoms with van der Waals surface area (Å²) in [6.45, 7) is 6.27. The fourth-order valence-electron chi connectivity index (χ4n) is 3.40. The maximum Gasteiger partial charge on any atom is 0.152 e. The molecule has 1 N–H and O–H groups in total. The highest BCUT2D eigenvalue weighted by Gasteiger charge is 2.22. The molecule has 1 atom stereocenters. The average molecular weight is 337 g/mol. The molecule has 6 heteroatoms. The number of anilines is 1. The van der Waals surface area contributed by atoms with Gasteiger partial charge >= 0.3 is 0 Å². The minimum absolute atomic E-state index is 0.288. The number of hydrogen-bond donors (Lipinski definition) is 1. The highest BCUT2D eigenvalue weighted by Crippen LogP contribution is 2.23. The number of benzene rings is 1. The van der Waals surface area contributed by atoms with Gasteiger partial charge < -0.3 is 10.1 Å². The lowest BCUT2D eigenvalue weighted by atomic mass is 10.0. The zero-order valence-electron chi connectivity index (χ0n) is 14.4. The SMILES string of the molecule is Cc1cc2c(NCC(c3ccccc3)N3CCOCC3)nccn2n1. The van der Waals surface area contributed by atoms with E-state index in [0.717, 1.165) is 49.9 Å². The smallest absolute Gasteiger partial charge is 0.152 e. The largest absolute Gasteiger partial charge is 0.379 e. The van der Waals surface area contributed by atoms with Crippen molar-refractivity contribution in [3.8, 4) is 0 Å². The number of nitrogens with zero attached hydrogens (tertiary/aromatic N) is 4. The van der Waals surface area contributed by atoms with E-state index in [2.05, 4.69) is 56.7 Å². The molecule has 0 amide bonds. The number of morpholine rings is 1. The Balaban J connectivity index is 1.57. The van der Waals surface area contributed by atoms with Crippen molar-refractivity contribution >= 4 is 11.3 Å². The Morgan fingerprint density at radius 3 is 2.80 bits per heavy atom. The Labute approximate surface area is 147 Å². The van der Waals surface area contributed by atoms with E-state index in [0.29, 0.717) is 0 Å². The maximum atomic E-state index is 5.52. The zero-order chi connectivity index (χ0) is 17.1. The van der Waals surface area contributed by atoms with Crippen LogP contribution in [0.4, 0.5) is 5.82 Å². The van der Waals surface area contributed by atoms with Crippen LogP contribution in [0.2, 0.25) is 0 Å². The standard InChI is InChI=1S/C19H23N5O/c1-15-13-17-19(20-7-8-24(17)22-15)21-14-18(16-5-3-2-4-6-16)23-9-11-25-12-10-23/h2-8,13,18H,9-12,14H2,1H3,(H,20,21). The highest BCUT2D eigenvalue weighted by atomic mass is 16.5. The van der Waals surface area contributed by atoms with Crippen molar-refractivity contribution in [3.63, 3.8) is 0 Å². The van der Waals surface area contributed by atoms with Crippen molar-refractivity contribution < 1.29 is 4.74 Å². The third-order valence-corrected chi connectivity index (χ3v) is 4.65. The van der Waals surface area contributed by atoms with E-state index < -0.39 is 0 Å². The van der Waals surface area contributed by atoms with Gasteiger partial charge in [-0.25, -0.2) is 9.50 Å². The second-order valence-corrected chi connectivity index (χ2v) is 6.35. The lowest BCUT2D eigenvalue weighted by Crippen LogP contribution is -2.41. The van der Waals surface area contributed by atoms with Crippen molar-refractivity contribution in [2.45, 2.75) is 13.0 Å². The quantitative estimate of drug-likeness (QED) is 0.775. The predicted octanol–water partition coefficient (Wildman–Crippen LogP) is 2.52. The van der Waals surface area contributed by atoms with Gasteiger partial charge in [-0.15, -0.1) is 0 Å². The molecule has 4 rings (SSSR count). The summed E-state index contributed by atoms with van der Waals surface area (Å²) in [6.07, 6.45) is 3.66. The first-order valence-corrected chi connectivity index (χ1v) is 8.73. The molecule has 0 saturated carbocycles. The normalized spacial score (nSPS) is 16.8. The molecule has 1 saturated heterocycles. The summed E-state index contributed by atoms with van der Waals surface area (Å²) < 4.78 is 7.39. The van der Waals surface area contributed by atoms with E-state index in [-0.39, 0.29) is 6.04 Å². The molecule has 2 aromatic heterocycles. The Bertz CT molecular complexity index is 826. The van der Waals surface area contributed by atoms with Crippen molar-refractivity contribution in [1.29, 1.82) is 0 Å². The number of nitrogens with one attached hydrogen (secondary N) is 1. The molecule has 25 heavy (non-hydrogen) atoms. The van der Waals surface area contributed by atoms with E-state index in [4.69, 9.17) is 4.74 Å². The predicted molar refractivity (Wildman–Crippen MR) is 97.8 cm³/mol. The fourth-order valence-corrected chi connectivity index (χ4v) is 3.40. The number of aryl methyl sites for hydroxylation is 1. The van der Waals surface area contributed by atoms with Crippen LogP contribution in [0.1, 0.15) is 17.3 Å². The average Bonchev–Trinajstić information content (AvgIpc) is 3.05. The van der Waals surface area contributed by atoms with E-state index in [9.17, 15) is 0 Å². The van der Waals surface area contributed by atoms with Crippen LogP contribution < -0.4 is 5.32 Å². The molecule has 3 heterocycles. The van der Waals surface area contributed by atoms with Gasteiger partial charge in [-0.05, 0) is 18.6 Å². The molecule has 1 fully saturated rings. The summed E-state index contributed by atoms with van der Waals surface area (Å²) >= 11 is 0. The highest BCUT2D eigenvalue weighted by molar-refractivity contribution is 5.67. The van der Waals surface area contributed by atoms with Crippen LogP contribution in [-0.2, 0) is 4.74 Å². The molecular formula is C19H23N5O. The van der Waals surface area contributed by atoms with Crippen LogP contribution in [0.15, 0.2) is 48.8 Å². The first kappa shape index (κ1) is 16.1. The molecule has 3 aromatic rings. The second-order valence-electron chi connectivity index (χ2n) is 6.35. The van der Waals surface area contributed by atoms with Crippen molar-refractivity contribution in [3.05, 3.63) is 60.0 Å². The number of hydrogen-bond acceptors (Lipinski definition) is 5. The van der Waals surface area contributed by atoms with Crippen molar-refractivity contribution in [2.24, 2.45) is 0 Å². The Morgan fingerprint density at radius 2 is 2.00 bits per heavy atom. The summed E-state index contributed by atoms with van der Waals surface area (Å²) in [4.78, 5) is 7.00. The van der Waals surface area contributed by atoms with Crippen LogP contribution in [0.3, 0.4) is 0 Å². The van der Waals surface area contributed by atoms with Crippen LogP contribution in [0.25, 0.3) is 5.52 Å². The third kappa shape index (κ3) is 3.50. The molecule has 130 valence electrons. The zero-order valence-corrected chi connectivity index (χ0v) is 14.4. The minimum Gasteiger partial charge on any atom is -0.379 e. The van der Waals surface area contributed by atoms with Gasteiger partial charge in [0, 0.05) is 32.0 Å². The molecule has 0 spiro atoms. The summed E-state index contributed by atoms with van der Waals surface area (Å²) in [5, 5.41) is 8.00. The van der Waals surface area contributed by atoms with Gasteiger partial charge in [0.15, 0.2) is 5.82 Å². The first-order valence-electron chi connectivity index (χ1n) is 8.73. The van der Waals surface area contributed by atoms with E-state index in [1.807, 2.05) is 17.6 Å². The first-order chi connectivity index (χ1) is 12.3. The molecule has 0 aliphatic carbocycles. The van der Waals surface area contributed by atoms with E-state index in [1.54, 1.807) is 6.20 Å². The van der Waals surface area contributed by atoms with Crippen molar-refractivity contribution in [1.82, 2.24) is 19.5 Å². The molecule has 1 aliphatic heterocycles. The summed E-state index contributed by atoms with van der Waals surface area (Å²) in [7, 11) is 0. The number of aromatic nitrogens is 3. The number of rotatable bonds is 5. The van der Waals surface area contributed by atoms with Gasteiger partial charge in [-0.1, -0.05) is 30.3 Å². The maximum absolute atomic E-state index is 5.52. The molecule has 0 radical (unpaired) electrons. The fraction of sp³-hybridized carbons (Fsp3) is 0.368. The van der Waals surface area contributed by atoms with E-state index >= 15 is 0 Å². The monoisotopic (exact) mass is 337 g/mol. The van der Waals surface area contributed by atoms with E-state index in [1.165, 1.54) is 5.56 Å².